The number of hydrogen-bond acceptors (Lipinski definition) is 3. The van der Waals surface area contributed by atoms with Crippen LogP contribution in [0.5, 0.6) is 0 Å². The third kappa shape index (κ3) is 36.7. The van der Waals surface area contributed by atoms with Crippen LogP contribution in [0.25, 0.3) is 0 Å². The zero-order valence-electron chi connectivity index (χ0n) is 35.1. The predicted octanol–water partition coefficient (Wildman–Crippen LogP) is 14.9. The molecule has 0 bridgehead atoms. The fourth-order valence-electron chi connectivity index (χ4n) is 7.52. The van der Waals surface area contributed by atoms with E-state index in [0.717, 1.165) is 0 Å². The van der Waals surface area contributed by atoms with E-state index in [1.807, 2.05) is 0 Å². The summed E-state index contributed by atoms with van der Waals surface area (Å²) in [5, 5.41) is 0. The van der Waals surface area contributed by atoms with Crippen LogP contribution in [0.4, 0.5) is 0 Å². The summed E-state index contributed by atoms with van der Waals surface area (Å²) in [6.07, 6.45) is 47.0. The molecule has 5 nitrogen and oxygen atoms in total. The van der Waals surface area contributed by atoms with E-state index in [4.69, 9.17) is 20.3 Å². The molecule has 0 saturated heterocycles. The van der Waals surface area contributed by atoms with Gasteiger partial charge in [-0.3, -0.25) is 0 Å². The molecule has 0 spiro atoms. The molecule has 0 heterocycles. The topological polar surface area (TPSA) is 97.7 Å². The van der Waals surface area contributed by atoms with Gasteiger partial charge < -0.3 is 9.11 Å². The van der Waals surface area contributed by atoms with Gasteiger partial charge in [-0.25, -0.2) is 4.21 Å². The molecule has 0 aliphatic carbocycles. The second kappa shape index (κ2) is 43.5. The van der Waals surface area contributed by atoms with Crippen LogP contribution in [-0.2, 0) is 53.5 Å². The van der Waals surface area contributed by atoms with Crippen molar-refractivity contribution in [3.63, 3.8) is 0 Å². The molecule has 0 aliphatic rings. The summed E-state index contributed by atoms with van der Waals surface area (Å²) in [4.78, 5) is 0. The zero-order chi connectivity index (χ0) is 38.9. The van der Waals surface area contributed by atoms with Crippen molar-refractivity contribution in [1.29, 1.82) is 0 Å². The van der Waals surface area contributed by atoms with Crippen LogP contribution in [0.1, 0.15) is 255 Å². The van der Waals surface area contributed by atoms with Gasteiger partial charge in [-0.15, -0.1) is 0 Å². The molecule has 1 aromatic rings. The molecule has 1 rings (SSSR count). The molecule has 0 amide bonds. The fourth-order valence-corrected chi connectivity index (χ4v) is 7.52. The van der Waals surface area contributed by atoms with Gasteiger partial charge in [-0.05, 0) is 66.7 Å². The molecule has 1 atom stereocenters. The molecule has 2 N–H and O–H groups in total. The monoisotopic (exact) mass is 787 g/mol. The van der Waals surface area contributed by atoms with Crippen molar-refractivity contribution in [1.82, 2.24) is 0 Å². The zero-order valence-corrected chi connectivity index (χ0v) is 37.5. The van der Waals surface area contributed by atoms with Crippen molar-refractivity contribution in [3.8, 4) is 0 Å². The Bertz CT molecular complexity index is 906. The van der Waals surface area contributed by atoms with E-state index in [1.165, 1.54) is 212 Å². The van der Waals surface area contributed by atoms with Gasteiger partial charge in [0.25, 0.3) is 0 Å². The molecular formula is C45H86O5STi-. The molecule has 1 unspecified atom stereocenters. The molecule has 307 valence electrons. The second-order valence-corrected chi connectivity index (χ2v) is 16.2. The van der Waals surface area contributed by atoms with E-state index in [0.29, 0.717) is 5.92 Å². The first kappa shape index (κ1) is 53.9. The van der Waals surface area contributed by atoms with Crippen molar-refractivity contribution in [2.24, 2.45) is 0 Å². The predicted molar refractivity (Wildman–Crippen MR) is 222 cm³/mol. The summed E-state index contributed by atoms with van der Waals surface area (Å²) in [6, 6.07) is 5.11. The summed E-state index contributed by atoms with van der Waals surface area (Å²) < 4.78 is 39.8. The average molecular weight is 787 g/mol. The Balaban J connectivity index is 0. The van der Waals surface area contributed by atoms with Gasteiger partial charge in [0.1, 0.15) is 0 Å². The molecule has 0 aromatic heterocycles. The molecule has 7 heteroatoms. The van der Waals surface area contributed by atoms with Gasteiger partial charge >= 0.3 is 26.5 Å². The third-order valence-corrected chi connectivity index (χ3v) is 10.5. The van der Waals surface area contributed by atoms with Crippen LogP contribution in [0.2, 0.25) is 0 Å². The Morgan fingerprint density at radius 3 is 1.06 bits per heavy atom. The fraction of sp³-hybridized carbons (Fsp3) is 0.867. The maximum atomic E-state index is 8.61. The van der Waals surface area contributed by atoms with Crippen LogP contribution in [-0.4, -0.2) is 17.0 Å². The molecule has 1 aromatic carbocycles. The van der Waals surface area contributed by atoms with Gasteiger partial charge in [-0.1, -0.05) is 220 Å². The Morgan fingerprint density at radius 2 is 0.769 bits per heavy atom. The number of hydrogen-bond donors (Lipinski definition) is 2. The molecular weight excluding hydrogens is 700 g/mol. The van der Waals surface area contributed by atoms with E-state index >= 15 is 0 Å². The number of rotatable bonds is 34. The van der Waals surface area contributed by atoms with Crippen LogP contribution < -0.4 is 0 Å². The SMILES string of the molecule is CCCCCCCCCCCCc1ccc(C(C)C)c(CCCCCCCCCCCC)c1CCCCCCCCCCCC.O=S([O-])O.[O]=[Ti][OH]. The summed E-state index contributed by atoms with van der Waals surface area (Å²) in [5.41, 5.74) is 6.97. The van der Waals surface area contributed by atoms with Gasteiger partial charge in [0, 0.05) is 0 Å². The second-order valence-electron chi connectivity index (χ2n) is 15.5. The molecule has 0 saturated carbocycles. The first-order valence-corrected chi connectivity index (χ1v) is 24.6. The van der Waals surface area contributed by atoms with Crippen LogP contribution in [0, 0.1) is 0 Å². The quantitative estimate of drug-likeness (QED) is 0.0412. The van der Waals surface area contributed by atoms with Crippen LogP contribution >= 0.6 is 0 Å². The Labute approximate surface area is 336 Å². The van der Waals surface area contributed by atoms with Crippen molar-refractivity contribution in [3.05, 3.63) is 34.4 Å². The summed E-state index contributed by atoms with van der Waals surface area (Å²) >= 11 is -4.61. The third-order valence-electron chi connectivity index (χ3n) is 10.5. The summed E-state index contributed by atoms with van der Waals surface area (Å²) in [5.74, 6) is 0.640. The van der Waals surface area contributed by atoms with E-state index in [9.17, 15) is 0 Å². The standard InChI is InChI=1S/C45H84.H2O3S.H2O.O.Ti/c1-6-9-12-15-18-21-24-27-30-33-36-42-39-40-43(41(4)5)45(38-35-32-29-26-23-20-17-14-11-8-3)44(42)37-34-31-28-25-22-19-16-13-10-7-2;1-4(2)3;;;/h39-41H,6-38H2,1-5H3;(H2,1,2,3);1H2;;/q;;;;+1/p-2. The number of unbranched alkanes of at least 4 members (excludes halogenated alkanes) is 27. The van der Waals surface area contributed by atoms with E-state index in [2.05, 4.69) is 46.8 Å². The van der Waals surface area contributed by atoms with Crippen molar-refractivity contribution in [2.45, 2.75) is 252 Å². The summed E-state index contributed by atoms with van der Waals surface area (Å²) in [6.45, 7) is 11.8. The number of benzene rings is 1. The Kier molecular flexibility index (Phi) is 45.1. The van der Waals surface area contributed by atoms with E-state index < -0.39 is 30.9 Å². The van der Waals surface area contributed by atoms with Gasteiger partial charge in [0.2, 0.25) is 0 Å². The first-order chi connectivity index (χ1) is 25.3. The average Bonchev–Trinajstić information content (AvgIpc) is 3.11. The first-order valence-electron chi connectivity index (χ1n) is 22.2. The minimum absolute atomic E-state index is 0.640. The van der Waals surface area contributed by atoms with Gasteiger partial charge in [-0.2, -0.15) is 0 Å². The van der Waals surface area contributed by atoms with Gasteiger partial charge in [0.05, 0.1) is 11.4 Å². The normalized spacial score (nSPS) is 11.5. The number of aryl methyl sites for hydroxylation is 1. The van der Waals surface area contributed by atoms with Crippen LogP contribution in [0.15, 0.2) is 12.1 Å². The molecule has 0 radical (unpaired) electrons. The maximum absolute atomic E-state index is 8.61. The molecule has 52 heavy (non-hydrogen) atoms. The van der Waals surface area contributed by atoms with E-state index in [-0.39, 0.29) is 0 Å². The Morgan fingerprint density at radius 1 is 0.519 bits per heavy atom. The van der Waals surface area contributed by atoms with Crippen LogP contribution in [0.3, 0.4) is 0 Å². The van der Waals surface area contributed by atoms with Crippen molar-refractivity contribution >= 4 is 11.4 Å². The van der Waals surface area contributed by atoms with Crippen molar-refractivity contribution < 1.29 is 39.8 Å². The molecule has 0 aliphatic heterocycles. The van der Waals surface area contributed by atoms with Gasteiger partial charge in [0.15, 0.2) is 0 Å². The minimum atomic E-state index is -2.86. The molecule has 0 fully saturated rings. The Hall–Kier alpha value is -0.236. The summed E-state index contributed by atoms with van der Waals surface area (Å²) in [7, 11) is 0. The van der Waals surface area contributed by atoms with Crippen molar-refractivity contribution in [2.75, 3.05) is 0 Å². The van der Waals surface area contributed by atoms with E-state index in [1.54, 1.807) is 22.3 Å².